The molecule has 108 valence electrons. The van der Waals surface area contributed by atoms with Crippen LogP contribution in [0.25, 0.3) is 10.9 Å². The average Bonchev–Trinajstić information content (AvgIpc) is 3.10. The molecule has 1 heteroatoms. The van der Waals surface area contributed by atoms with E-state index in [1.807, 2.05) is 0 Å². The largest absolute Gasteiger partial charge is 0.361 e. The van der Waals surface area contributed by atoms with Crippen LogP contribution >= 0.6 is 0 Å². The van der Waals surface area contributed by atoms with Crippen molar-refractivity contribution in [3.63, 3.8) is 0 Å². The van der Waals surface area contributed by atoms with E-state index in [1.165, 1.54) is 44.3 Å². The monoisotopic (exact) mass is 293 g/mol. The fourth-order valence-electron chi connectivity index (χ4n) is 4.80. The quantitative estimate of drug-likeness (QED) is 0.398. The summed E-state index contributed by atoms with van der Waals surface area (Å²) in [5, 5.41) is 1.38. The van der Waals surface area contributed by atoms with Crippen LogP contribution < -0.4 is 0 Å². The van der Waals surface area contributed by atoms with Gasteiger partial charge < -0.3 is 4.98 Å². The molecule has 0 fully saturated rings. The Morgan fingerprint density at radius 2 is 1.17 bits per heavy atom. The molecule has 0 radical (unpaired) electrons. The van der Waals surface area contributed by atoms with Gasteiger partial charge in [0.2, 0.25) is 0 Å². The van der Waals surface area contributed by atoms with E-state index in [9.17, 15) is 0 Å². The Bertz CT molecular complexity index is 1040. The van der Waals surface area contributed by atoms with Crippen molar-refractivity contribution in [1.29, 1.82) is 0 Å². The molecule has 0 amide bonds. The van der Waals surface area contributed by atoms with E-state index in [0.717, 1.165) is 0 Å². The molecule has 0 saturated carbocycles. The topological polar surface area (TPSA) is 15.8 Å². The maximum absolute atomic E-state index is 3.38. The van der Waals surface area contributed by atoms with Crippen LogP contribution in [0.15, 0.2) is 72.9 Å². The zero-order chi connectivity index (χ0) is 15.0. The second kappa shape index (κ2) is 3.94. The van der Waals surface area contributed by atoms with Gasteiger partial charge >= 0.3 is 0 Å². The Labute approximate surface area is 134 Å². The number of hydrogen-bond acceptors (Lipinski definition) is 0. The molecule has 1 N–H and O–H groups in total. The first kappa shape index (κ1) is 11.7. The van der Waals surface area contributed by atoms with Gasteiger partial charge in [0.05, 0.1) is 0 Å². The average molecular weight is 293 g/mol. The molecule has 0 unspecified atom stereocenters. The van der Waals surface area contributed by atoms with Crippen LogP contribution in [0.2, 0.25) is 0 Å². The van der Waals surface area contributed by atoms with Crippen molar-refractivity contribution in [3.05, 3.63) is 106 Å². The highest BCUT2D eigenvalue weighted by atomic mass is 14.7. The molecule has 2 bridgehead atoms. The smallest absolute Gasteiger partial charge is 0.0457 e. The van der Waals surface area contributed by atoms with E-state index in [4.69, 9.17) is 0 Å². The minimum absolute atomic E-state index is 0.363. The molecule has 1 nitrogen and oxygen atoms in total. The normalized spacial score (nSPS) is 20.2. The number of H-pyrrole nitrogens is 1. The fourth-order valence-corrected chi connectivity index (χ4v) is 4.80. The molecule has 3 aromatic carbocycles. The van der Waals surface area contributed by atoms with Gasteiger partial charge in [-0.15, -0.1) is 0 Å². The van der Waals surface area contributed by atoms with Crippen LogP contribution in [0.4, 0.5) is 0 Å². The van der Waals surface area contributed by atoms with E-state index >= 15 is 0 Å². The van der Waals surface area contributed by atoms with Crippen molar-refractivity contribution in [1.82, 2.24) is 4.98 Å². The highest BCUT2D eigenvalue weighted by Gasteiger charge is 2.41. The summed E-state index contributed by atoms with van der Waals surface area (Å²) >= 11 is 0. The van der Waals surface area contributed by atoms with Gasteiger partial charge in [-0.3, -0.25) is 0 Å². The third-order valence-electron chi connectivity index (χ3n) is 5.65. The van der Waals surface area contributed by atoms with E-state index < -0.39 is 0 Å². The lowest BCUT2D eigenvalue weighted by atomic mass is 9.60. The number of aromatic amines is 1. The number of hydrogen-bond donors (Lipinski definition) is 1. The molecule has 1 heterocycles. The maximum Gasteiger partial charge on any atom is 0.0457 e. The Balaban J connectivity index is 1.81. The van der Waals surface area contributed by atoms with E-state index in [1.54, 1.807) is 0 Å². The molecule has 7 rings (SSSR count). The van der Waals surface area contributed by atoms with Crippen molar-refractivity contribution in [2.24, 2.45) is 0 Å². The maximum atomic E-state index is 3.38. The van der Waals surface area contributed by atoms with Crippen LogP contribution in [-0.2, 0) is 0 Å². The number of fused-ring (bicyclic) bond motifs is 1. The van der Waals surface area contributed by atoms with Crippen molar-refractivity contribution in [2.75, 3.05) is 0 Å². The minimum atomic E-state index is 0.363. The molecule has 0 spiro atoms. The molecule has 23 heavy (non-hydrogen) atoms. The van der Waals surface area contributed by atoms with Gasteiger partial charge in [0.15, 0.2) is 0 Å². The predicted molar refractivity (Wildman–Crippen MR) is 93.1 cm³/mol. The Morgan fingerprint density at radius 3 is 1.83 bits per heavy atom. The number of benzene rings is 3. The zero-order valence-corrected chi connectivity index (χ0v) is 12.6. The van der Waals surface area contributed by atoms with E-state index in [2.05, 4.69) is 77.9 Å². The number of nitrogens with one attached hydrogen (secondary N) is 1. The van der Waals surface area contributed by atoms with Crippen molar-refractivity contribution < 1.29 is 0 Å². The lowest BCUT2D eigenvalue weighted by molar-refractivity contribution is 0.761. The second-order valence-corrected chi connectivity index (χ2v) is 6.63. The van der Waals surface area contributed by atoms with Gasteiger partial charge in [-0.05, 0) is 45.5 Å². The van der Waals surface area contributed by atoms with Gasteiger partial charge in [0.25, 0.3) is 0 Å². The van der Waals surface area contributed by atoms with Crippen molar-refractivity contribution in [2.45, 2.75) is 11.8 Å². The predicted octanol–water partition coefficient (Wildman–Crippen LogP) is 5.16. The summed E-state index contributed by atoms with van der Waals surface area (Å²) in [5.41, 5.74) is 10.2. The summed E-state index contributed by atoms with van der Waals surface area (Å²) in [6.45, 7) is 0. The van der Waals surface area contributed by atoms with Crippen molar-refractivity contribution >= 4 is 10.9 Å². The molecule has 0 saturated heterocycles. The summed E-state index contributed by atoms with van der Waals surface area (Å²) in [5.74, 6) is 0.739. The van der Waals surface area contributed by atoms with Gasteiger partial charge in [0.1, 0.15) is 0 Å². The summed E-state index contributed by atoms with van der Waals surface area (Å²) in [6.07, 6.45) is 2.06. The standard InChI is InChI=1S/C22H15N/c1-3-7-15-13(5-1)20-14-6-2-4-8-16(14)21(15)22-17-11-12-23-19(17)10-9-18(20)22/h1-12,20-21,23H. The molecule has 0 aliphatic heterocycles. The van der Waals surface area contributed by atoms with Gasteiger partial charge in [-0.1, -0.05) is 54.6 Å². The highest BCUT2D eigenvalue weighted by molar-refractivity contribution is 5.89. The molecular weight excluding hydrogens is 278 g/mol. The minimum Gasteiger partial charge on any atom is -0.361 e. The molecule has 0 atom stereocenters. The van der Waals surface area contributed by atoms with Gasteiger partial charge in [-0.25, -0.2) is 0 Å². The third kappa shape index (κ3) is 1.30. The summed E-state index contributed by atoms with van der Waals surface area (Å²) in [6, 6.07) is 24.8. The summed E-state index contributed by atoms with van der Waals surface area (Å²) in [4.78, 5) is 3.38. The van der Waals surface area contributed by atoms with Crippen LogP contribution in [0.3, 0.4) is 0 Å². The summed E-state index contributed by atoms with van der Waals surface area (Å²) < 4.78 is 0. The lowest BCUT2D eigenvalue weighted by Gasteiger charge is -2.42. The Hall–Kier alpha value is -2.80. The molecule has 3 aliphatic carbocycles. The van der Waals surface area contributed by atoms with Crippen LogP contribution in [0, 0.1) is 0 Å². The van der Waals surface area contributed by atoms with Gasteiger partial charge in [-0.2, -0.15) is 0 Å². The highest BCUT2D eigenvalue weighted by Crippen LogP contribution is 2.56. The first-order valence-electron chi connectivity index (χ1n) is 8.21. The molecule has 1 aromatic heterocycles. The third-order valence-corrected chi connectivity index (χ3v) is 5.65. The zero-order valence-electron chi connectivity index (χ0n) is 12.6. The number of rotatable bonds is 0. The van der Waals surface area contributed by atoms with Gasteiger partial charge in [0, 0.05) is 28.9 Å². The van der Waals surface area contributed by atoms with E-state index in [-0.39, 0.29) is 0 Å². The SMILES string of the molecule is c1ccc2c(c1)C1c3ccccc3C2c2c1ccc1[nH]ccc21. The van der Waals surface area contributed by atoms with E-state index in [0.29, 0.717) is 11.8 Å². The first-order chi connectivity index (χ1) is 11.4. The molecule has 3 aliphatic rings. The fraction of sp³-hybridized carbons (Fsp3) is 0.0909. The van der Waals surface area contributed by atoms with Crippen LogP contribution in [0.1, 0.15) is 45.2 Å². The Kier molecular flexibility index (Phi) is 2.01. The van der Waals surface area contributed by atoms with Crippen LogP contribution in [0.5, 0.6) is 0 Å². The first-order valence-corrected chi connectivity index (χ1v) is 8.21. The van der Waals surface area contributed by atoms with Crippen molar-refractivity contribution in [3.8, 4) is 0 Å². The molecule has 4 aromatic rings. The summed E-state index contributed by atoms with van der Waals surface area (Å²) in [7, 11) is 0. The Morgan fingerprint density at radius 1 is 0.565 bits per heavy atom. The second-order valence-electron chi connectivity index (χ2n) is 6.63. The molecular formula is C22H15N. The lowest BCUT2D eigenvalue weighted by Crippen LogP contribution is -2.27. The number of aromatic nitrogens is 1. The van der Waals surface area contributed by atoms with Crippen LogP contribution in [-0.4, -0.2) is 4.98 Å².